The summed E-state index contributed by atoms with van der Waals surface area (Å²) in [7, 11) is 0. The molecule has 0 fully saturated rings. The maximum absolute atomic E-state index is 12.9. The van der Waals surface area contributed by atoms with Crippen molar-refractivity contribution >= 4 is 71.5 Å². The van der Waals surface area contributed by atoms with Crippen LogP contribution in [-0.4, -0.2) is 5.91 Å². The number of nitrogens with zero attached hydrogens (tertiary/aromatic N) is 1. The number of carbonyl (C=O) groups excluding carboxylic acids is 1. The minimum absolute atomic E-state index is 0.189. The van der Waals surface area contributed by atoms with E-state index in [1.165, 1.54) is 3.93 Å². The highest BCUT2D eigenvalue weighted by Crippen LogP contribution is 2.31. The van der Waals surface area contributed by atoms with Crippen LogP contribution in [0.15, 0.2) is 66.0 Å². The predicted octanol–water partition coefficient (Wildman–Crippen LogP) is 6.66. The largest absolute Gasteiger partial charge is 0.269 e. The molecule has 1 aromatic heterocycles. The molecule has 5 heteroatoms. The molecule has 0 N–H and O–H groups in total. The van der Waals surface area contributed by atoms with E-state index in [9.17, 15) is 4.79 Å². The summed E-state index contributed by atoms with van der Waals surface area (Å²) in [6, 6.07) is 19.6. The topological polar surface area (TPSA) is 20.3 Å². The van der Waals surface area contributed by atoms with Gasteiger partial charge in [0.05, 0.1) is 32.4 Å². The van der Waals surface area contributed by atoms with Crippen LogP contribution in [0.4, 0.5) is 5.69 Å². The molecule has 0 aliphatic rings. The number of rotatable bonds is 2. The third-order valence-electron chi connectivity index (χ3n) is 3.91. The predicted molar refractivity (Wildman–Crippen MR) is 107 cm³/mol. The fourth-order valence-electron chi connectivity index (χ4n) is 2.67. The van der Waals surface area contributed by atoms with Gasteiger partial charge in [0.1, 0.15) is 0 Å². The van der Waals surface area contributed by atoms with Crippen molar-refractivity contribution in [1.29, 1.82) is 0 Å². The van der Waals surface area contributed by atoms with Crippen LogP contribution in [0.1, 0.15) is 10.4 Å². The smallest absolute Gasteiger partial charge is 0.268 e. The van der Waals surface area contributed by atoms with Gasteiger partial charge in [-0.2, -0.15) is 0 Å². The van der Waals surface area contributed by atoms with Crippen molar-refractivity contribution in [3.63, 3.8) is 0 Å². The minimum atomic E-state index is -0.189. The lowest BCUT2D eigenvalue weighted by molar-refractivity contribution is 0.101. The van der Waals surface area contributed by atoms with Crippen molar-refractivity contribution in [2.24, 2.45) is 0 Å². The first-order valence-corrected chi connectivity index (χ1v) is 9.26. The van der Waals surface area contributed by atoms with E-state index in [4.69, 9.17) is 11.6 Å². The van der Waals surface area contributed by atoms with Crippen molar-refractivity contribution < 1.29 is 4.79 Å². The minimum Gasteiger partial charge on any atom is -0.268 e. The molecule has 0 aliphatic carbocycles. The van der Waals surface area contributed by atoms with Crippen molar-refractivity contribution in [2.75, 3.05) is 3.93 Å². The van der Waals surface area contributed by atoms with Gasteiger partial charge in [-0.1, -0.05) is 41.9 Å². The van der Waals surface area contributed by atoms with Gasteiger partial charge in [0.25, 0.3) is 5.91 Å². The van der Waals surface area contributed by atoms with E-state index < -0.39 is 0 Å². The molecule has 118 valence electrons. The zero-order valence-electron chi connectivity index (χ0n) is 12.4. The maximum Gasteiger partial charge on any atom is 0.269 e. The second kappa shape index (κ2) is 6.20. The Labute approximate surface area is 156 Å². The normalized spacial score (nSPS) is 11.1. The lowest BCUT2D eigenvalue weighted by atomic mass is 10.1. The molecule has 0 atom stereocenters. The summed E-state index contributed by atoms with van der Waals surface area (Å²) >= 11 is 11.3. The van der Waals surface area contributed by atoms with Crippen LogP contribution in [0.3, 0.4) is 0 Å². The summed E-state index contributed by atoms with van der Waals surface area (Å²) in [5, 5.41) is 5.70. The fourth-order valence-corrected chi connectivity index (χ4v) is 4.14. The molecule has 0 bridgehead atoms. The zero-order valence-corrected chi connectivity index (χ0v) is 15.5. The monoisotopic (exact) mass is 415 g/mol. The molecule has 0 saturated heterocycles. The first kappa shape index (κ1) is 15.6. The number of thiophene rings is 1. The molecular formula is C19H11BrClNOS. The summed E-state index contributed by atoms with van der Waals surface area (Å²) in [5.41, 5.74) is 1.25. The van der Waals surface area contributed by atoms with E-state index >= 15 is 0 Å². The van der Waals surface area contributed by atoms with Crippen LogP contribution in [0.5, 0.6) is 0 Å². The summed E-state index contributed by atoms with van der Waals surface area (Å²) < 4.78 is 2.50. The van der Waals surface area contributed by atoms with Gasteiger partial charge in [-0.05, 0) is 51.9 Å². The fraction of sp³-hybridized carbons (Fsp3) is 0. The SMILES string of the molecule is O=C(c1cc2sccc2cc1Cl)N(Br)c1ccc2ccccc2c1. The molecule has 2 nitrogen and oxygen atoms in total. The second-order valence-electron chi connectivity index (χ2n) is 5.41. The van der Waals surface area contributed by atoms with Crippen LogP contribution >= 0.6 is 39.1 Å². The molecule has 0 radical (unpaired) electrons. The molecule has 4 rings (SSSR count). The van der Waals surface area contributed by atoms with Gasteiger partial charge in [0.2, 0.25) is 0 Å². The van der Waals surface area contributed by atoms with Crippen LogP contribution in [0, 0.1) is 0 Å². The molecule has 0 saturated carbocycles. The lowest BCUT2D eigenvalue weighted by Gasteiger charge is -2.16. The summed E-state index contributed by atoms with van der Waals surface area (Å²) in [5.74, 6) is -0.189. The van der Waals surface area contributed by atoms with Gasteiger partial charge in [-0.3, -0.25) is 4.79 Å². The molecule has 24 heavy (non-hydrogen) atoms. The number of anilines is 1. The van der Waals surface area contributed by atoms with E-state index in [-0.39, 0.29) is 5.91 Å². The molecule has 3 aromatic carbocycles. The highest BCUT2D eigenvalue weighted by atomic mass is 79.9. The number of hydrogen-bond donors (Lipinski definition) is 0. The van der Waals surface area contributed by atoms with Gasteiger partial charge < -0.3 is 0 Å². The van der Waals surface area contributed by atoms with Crippen LogP contribution in [0.25, 0.3) is 20.9 Å². The number of carbonyl (C=O) groups is 1. The Hall–Kier alpha value is -1.88. The summed E-state index contributed by atoms with van der Waals surface area (Å²) in [4.78, 5) is 12.9. The third-order valence-corrected chi connectivity index (χ3v) is 5.83. The molecule has 0 aliphatic heterocycles. The Kier molecular flexibility index (Phi) is 4.04. The van der Waals surface area contributed by atoms with Crippen molar-refractivity contribution in [1.82, 2.24) is 0 Å². The Morgan fingerprint density at radius 2 is 1.75 bits per heavy atom. The van der Waals surface area contributed by atoms with Gasteiger partial charge in [-0.15, -0.1) is 11.3 Å². The number of amides is 1. The van der Waals surface area contributed by atoms with Crippen molar-refractivity contribution in [3.8, 4) is 0 Å². The number of benzene rings is 3. The van der Waals surface area contributed by atoms with E-state index in [2.05, 4.69) is 16.1 Å². The number of fused-ring (bicyclic) bond motifs is 2. The molecular weight excluding hydrogens is 406 g/mol. The van der Waals surface area contributed by atoms with Crippen LogP contribution < -0.4 is 3.93 Å². The number of hydrogen-bond acceptors (Lipinski definition) is 2. The first-order chi connectivity index (χ1) is 11.6. The zero-order chi connectivity index (χ0) is 16.7. The Morgan fingerprint density at radius 3 is 2.58 bits per heavy atom. The quantitative estimate of drug-likeness (QED) is 0.334. The average molecular weight is 417 g/mol. The third kappa shape index (κ3) is 2.71. The Balaban J connectivity index is 1.74. The van der Waals surface area contributed by atoms with E-state index in [1.54, 1.807) is 11.3 Å². The summed E-state index contributed by atoms with van der Waals surface area (Å²) in [6.07, 6.45) is 0. The Morgan fingerprint density at radius 1 is 0.958 bits per heavy atom. The average Bonchev–Trinajstić information content (AvgIpc) is 3.06. The highest BCUT2D eigenvalue weighted by Gasteiger charge is 2.19. The molecule has 1 amide bonds. The number of halogens is 2. The summed E-state index contributed by atoms with van der Waals surface area (Å²) in [6.45, 7) is 0. The van der Waals surface area contributed by atoms with Crippen molar-refractivity contribution in [3.05, 3.63) is 76.6 Å². The molecule has 0 spiro atoms. The first-order valence-electron chi connectivity index (χ1n) is 7.29. The second-order valence-corrected chi connectivity index (χ2v) is 7.47. The van der Waals surface area contributed by atoms with Gasteiger partial charge in [-0.25, -0.2) is 3.93 Å². The molecule has 0 unspecified atom stereocenters. The van der Waals surface area contributed by atoms with E-state index in [0.29, 0.717) is 10.6 Å². The molecule has 1 heterocycles. The lowest BCUT2D eigenvalue weighted by Crippen LogP contribution is -2.20. The van der Waals surface area contributed by atoms with E-state index in [1.807, 2.05) is 66.0 Å². The van der Waals surface area contributed by atoms with Crippen molar-refractivity contribution in [2.45, 2.75) is 0 Å². The van der Waals surface area contributed by atoms with Gasteiger partial charge in [0.15, 0.2) is 0 Å². The standard InChI is InChI=1S/C19H11BrClNOS/c20-22(15-6-5-12-3-1-2-4-13(12)9-15)19(23)16-11-18-14(7-8-24-18)10-17(16)21/h1-11H. The molecule has 4 aromatic rings. The van der Waals surface area contributed by atoms with Gasteiger partial charge >= 0.3 is 0 Å². The highest BCUT2D eigenvalue weighted by molar-refractivity contribution is 9.10. The maximum atomic E-state index is 12.9. The van der Waals surface area contributed by atoms with E-state index in [0.717, 1.165) is 26.5 Å². The Bertz CT molecular complexity index is 1080. The van der Waals surface area contributed by atoms with Gasteiger partial charge in [0, 0.05) is 4.70 Å². The van der Waals surface area contributed by atoms with Crippen LogP contribution in [0.2, 0.25) is 5.02 Å². The van der Waals surface area contributed by atoms with Crippen LogP contribution in [-0.2, 0) is 0 Å².